The summed E-state index contributed by atoms with van der Waals surface area (Å²) in [5.41, 5.74) is 3.50. The Hall–Kier alpha value is -1.94. The molecule has 0 atom stereocenters. The van der Waals surface area contributed by atoms with E-state index in [2.05, 4.69) is 24.0 Å². The van der Waals surface area contributed by atoms with Crippen LogP contribution >= 0.6 is 0 Å². The van der Waals surface area contributed by atoms with Crippen molar-refractivity contribution in [1.82, 2.24) is 14.9 Å². The molecule has 0 spiro atoms. The number of likely N-dealkylation sites (tertiary alicyclic amines) is 1. The Balaban J connectivity index is 1.42. The smallest absolute Gasteiger partial charge is 0.220 e. The number of nitrogens with zero attached hydrogens (tertiary/aromatic N) is 3. The van der Waals surface area contributed by atoms with Crippen molar-refractivity contribution in [3.8, 4) is 17.3 Å². The van der Waals surface area contributed by atoms with Crippen molar-refractivity contribution in [3.05, 3.63) is 41.6 Å². The Kier molecular flexibility index (Phi) is 6.03. The van der Waals surface area contributed by atoms with Crippen molar-refractivity contribution in [3.63, 3.8) is 0 Å². The lowest BCUT2D eigenvalue weighted by Crippen LogP contribution is -2.34. The van der Waals surface area contributed by atoms with Gasteiger partial charge in [-0.3, -0.25) is 0 Å². The monoisotopic (exact) mass is 365 g/mol. The molecule has 0 unspecified atom stereocenters. The van der Waals surface area contributed by atoms with Gasteiger partial charge in [-0.1, -0.05) is 37.3 Å². The molecule has 2 heterocycles. The van der Waals surface area contributed by atoms with E-state index < -0.39 is 0 Å². The molecule has 4 nitrogen and oxygen atoms in total. The van der Waals surface area contributed by atoms with Crippen LogP contribution in [0.25, 0.3) is 11.4 Å². The van der Waals surface area contributed by atoms with Crippen LogP contribution in [0.2, 0.25) is 0 Å². The fraction of sp³-hybridized carbons (Fsp3) is 0.565. The highest BCUT2D eigenvalue weighted by Gasteiger charge is 2.20. The molecule has 0 saturated carbocycles. The topological polar surface area (TPSA) is 38.2 Å². The Morgan fingerprint density at radius 1 is 1.04 bits per heavy atom. The molecule has 1 saturated heterocycles. The summed E-state index contributed by atoms with van der Waals surface area (Å²) < 4.78 is 6.20. The number of fused-ring (bicyclic) bond motifs is 1. The van der Waals surface area contributed by atoms with Crippen LogP contribution in [0.5, 0.6) is 5.88 Å². The van der Waals surface area contributed by atoms with Gasteiger partial charge in [0.05, 0.1) is 12.3 Å². The standard InChI is InChI=1S/C23H31N3O/c1-18-12-15-26(16-13-18)14-7-17-27-23-20-10-5-6-11-21(20)24-22(25-23)19-8-3-2-4-9-19/h2-4,8-9,18H,5-7,10-17H2,1H3. The highest BCUT2D eigenvalue weighted by atomic mass is 16.5. The molecule has 1 fully saturated rings. The summed E-state index contributed by atoms with van der Waals surface area (Å²) in [4.78, 5) is 12.2. The number of hydrogen-bond acceptors (Lipinski definition) is 4. The van der Waals surface area contributed by atoms with Crippen LogP contribution in [-0.4, -0.2) is 41.1 Å². The van der Waals surface area contributed by atoms with Crippen molar-refractivity contribution >= 4 is 0 Å². The van der Waals surface area contributed by atoms with Crippen molar-refractivity contribution in [2.45, 2.75) is 51.9 Å². The van der Waals surface area contributed by atoms with Crippen LogP contribution in [0.15, 0.2) is 30.3 Å². The van der Waals surface area contributed by atoms with Gasteiger partial charge in [0.2, 0.25) is 5.88 Å². The number of aromatic nitrogens is 2. The minimum Gasteiger partial charge on any atom is -0.477 e. The minimum atomic E-state index is 0.740. The summed E-state index contributed by atoms with van der Waals surface area (Å²) >= 11 is 0. The fourth-order valence-electron chi connectivity index (χ4n) is 4.14. The highest BCUT2D eigenvalue weighted by Crippen LogP contribution is 2.30. The first-order valence-corrected chi connectivity index (χ1v) is 10.6. The molecule has 0 amide bonds. The molecule has 1 aromatic heterocycles. The van der Waals surface area contributed by atoms with Crippen LogP contribution in [0.1, 0.15) is 50.3 Å². The molecule has 144 valence electrons. The summed E-state index contributed by atoms with van der Waals surface area (Å²) in [5.74, 6) is 2.52. The van der Waals surface area contributed by atoms with E-state index >= 15 is 0 Å². The zero-order chi connectivity index (χ0) is 18.5. The molecule has 27 heavy (non-hydrogen) atoms. The first-order chi connectivity index (χ1) is 13.3. The number of aryl methyl sites for hydroxylation is 1. The van der Waals surface area contributed by atoms with E-state index in [4.69, 9.17) is 14.7 Å². The van der Waals surface area contributed by atoms with E-state index in [1.54, 1.807) is 0 Å². The molecule has 1 aromatic carbocycles. The van der Waals surface area contributed by atoms with Crippen LogP contribution in [0.4, 0.5) is 0 Å². The number of piperidine rings is 1. The molecule has 0 radical (unpaired) electrons. The number of rotatable bonds is 6. The Bertz CT molecular complexity index is 739. The summed E-state index contributed by atoms with van der Waals surface area (Å²) in [6.45, 7) is 6.71. The fourth-order valence-corrected chi connectivity index (χ4v) is 4.14. The van der Waals surface area contributed by atoms with E-state index in [1.807, 2.05) is 18.2 Å². The van der Waals surface area contributed by atoms with Gasteiger partial charge in [-0.25, -0.2) is 4.98 Å². The first kappa shape index (κ1) is 18.4. The average molecular weight is 366 g/mol. The largest absolute Gasteiger partial charge is 0.477 e. The summed E-state index contributed by atoms with van der Waals surface area (Å²) in [5, 5.41) is 0. The van der Waals surface area contributed by atoms with Crippen LogP contribution < -0.4 is 4.74 Å². The van der Waals surface area contributed by atoms with Gasteiger partial charge in [0.25, 0.3) is 0 Å². The average Bonchev–Trinajstić information content (AvgIpc) is 2.73. The van der Waals surface area contributed by atoms with Crippen molar-refractivity contribution in [2.75, 3.05) is 26.2 Å². The third kappa shape index (κ3) is 4.67. The van der Waals surface area contributed by atoms with Crippen molar-refractivity contribution in [1.29, 1.82) is 0 Å². The van der Waals surface area contributed by atoms with E-state index in [0.29, 0.717) is 0 Å². The lowest BCUT2D eigenvalue weighted by molar-refractivity contribution is 0.176. The quantitative estimate of drug-likeness (QED) is 0.705. The summed E-state index contributed by atoms with van der Waals surface area (Å²) in [7, 11) is 0. The maximum absolute atomic E-state index is 6.20. The number of ether oxygens (including phenoxy) is 1. The van der Waals surface area contributed by atoms with Gasteiger partial charge in [-0.05, 0) is 64.0 Å². The Morgan fingerprint density at radius 3 is 2.63 bits per heavy atom. The highest BCUT2D eigenvalue weighted by molar-refractivity contribution is 5.56. The van der Waals surface area contributed by atoms with Gasteiger partial charge in [0, 0.05) is 17.7 Å². The van der Waals surface area contributed by atoms with Gasteiger partial charge in [-0.2, -0.15) is 4.98 Å². The summed E-state index contributed by atoms with van der Waals surface area (Å²) in [6.07, 6.45) is 8.24. The second-order valence-electron chi connectivity index (χ2n) is 8.08. The van der Waals surface area contributed by atoms with E-state index in [9.17, 15) is 0 Å². The van der Waals surface area contributed by atoms with Crippen LogP contribution in [-0.2, 0) is 12.8 Å². The predicted molar refractivity (Wildman–Crippen MR) is 109 cm³/mol. The Labute approximate surface area is 163 Å². The molecule has 2 aromatic rings. The Morgan fingerprint density at radius 2 is 1.81 bits per heavy atom. The van der Waals surface area contributed by atoms with E-state index in [1.165, 1.54) is 50.0 Å². The van der Waals surface area contributed by atoms with Gasteiger partial charge in [-0.15, -0.1) is 0 Å². The van der Waals surface area contributed by atoms with Gasteiger partial charge in [0.1, 0.15) is 0 Å². The molecule has 4 heteroatoms. The maximum Gasteiger partial charge on any atom is 0.220 e. The van der Waals surface area contributed by atoms with Gasteiger partial charge in [0.15, 0.2) is 5.82 Å². The van der Waals surface area contributed by atoms with E-state index in [-0.39, 0.29) is 0 Å². The molecule has 4 rings (SSSR count). The van der Waals surface area contributed by atoms with Gasteiger partial charge < -0.3 is 9.64 Å². The minimum absolute atomic E-state index is 0.740. The molecular formula is C23H31N3O. The lowest BCUT2D eigenvalue weighted by atomic mass is 9.96. The third-order valence-electron chi connectivity index (χ3n) is 5.91. The van der Waals surface area contributed by atoms with Crippen LogP contribution in [0.3, 0.4) is 0 Å². The van der Waals surface area contributed by atoms with Crippen LogP contribution in [0, 0.1) is 5.92 Å². The second kappa shape index (κ2) is 8.83. The number of benzene rings is 1. The third-order valence-corrected chi connectivity index (χ3v) is 5.91. The molecular weight excluding hydrogens is 334 g/mol. The zero-order valence-corrected chi connectivity index (χ0v) is 16.5. The molecule has 2 aliphatic rings. The molecule has 0 bridgehead atoms. The lowest BCUT2D eigenvalue weighted by Gasteiger charge is -2.30. The molecule has 0 N–H and O–H groups in total. The zero-order valence-electron chi connectivity index (χ0n) is 16.5. The van der Waals surface area contributed by atoms with Crippen molar-refractivity contribution in [2.24, 2.45) is 5.92 Å². The maximum atomic E-state index is 6.20. The van der Waals surface area contributed by atoms with Crippen molar-refractivity contribution < 1.29 is 4.74 Å². The molecule has 1 aliphatic carbocycles. The van der Waals surface area contributed by atoms with Gasteiger partial charge >= 0.3 is 0 Å². The molecule has 1 aliphatic heterocycles. The van der Waals surface area contributed by atoms with E-state index in [0.717, 1.165) is 55.6 Å². The number of hydrogen-bond donors (Lipinski definition) is 0. The summed E-state index contributed by atoms with van der Waals surface area (Å²) in [6, 6.07) is 10.3. The SMILES string of the molecule is CC1CCN(CCCOc2nc(-c3ccccc3)nc3c2CCCC3)CC1. The second-order valence-corrected chi connectivity index (χ2v) is 8.08. The normalized spacial score (nSPS) is 18.3. The predicted octanol–water partition coefficient (Wildman–Crippen LogP) is 4.52. The first-order valence-electron chi connectivity index (χ1n) is 10.6.